The zero-order valence-corrected chi connectivity index (χ0v) is 8.08. The highest BCUT2D eigenvalue weighted by atomic mass is 32.2. The number of aliphatic hydroxyl groups is 1. The molecule has 1 amide bonds. The first-order chi connectivity index (χ1) is 5.83. The minimum absolute atomic E-state index is 0.0524. The van der Waals surface area contributed by atoms with Crippen LogP contribution in [0.2, 0.25) is 0 Å². The maximum atomic E-state index is 10.4. The third-order valence-electron chi connectivity index (χ3n) is 1.25. The Kier molecular flexibility index (Phi) is 4.89. The molecule has 78 valence electrons. The molecule has 0 saturated heterocycles. The van der Waals surface area contributed by atoms with Gasteiger partial charge in [-0.2, -0.15) is 8.42 Å². The predicted molar refractivity (Wildman–Crippen MR) is 45.2 cm³/mol. The monoisotopic (exact) mass is 211 g/mol. The van der Waals surface area contributed by atoms with E-state index >= 15 is 0 Å². The summed E-state index contributed by atoms with van der Waals surface area (Å²) in [6.45, 7) is -0.0524. The number of carbonyl (C=O) groups is 1. The summed E-state index contributed by atoms with van der Waals surface area (Å²) >= 11 is 0. The average molecular weight is 211 g/mol. The molecule has 0 aliphatic heterocycles. The van der Waals surface area contributed by atoms with E-state index in [1.54, 1.807) is 0 Å². The second-order valence-corrected chi connectivity index (χ2v) is 4.23. The minimum Gasteiger partial charge on any atom is -0.383 e. The lowest BCUT2D eigenvalue weighted by Crippen LogP contribution is -2.28. The first-order valence-corrected chi connectivity index (χ1v) is 5.46. The average Bonchev–Trinajstić information content (AvgIpc) is 1.95. The van der Waals surface area contributed by atoms with Gasteiger partial charge in [-0.1, -0.05) is 0 Å². The largest absolute Gasteiger partial charge is 0.383 e. The number of primary amides is 1. The second kappa shape index (κ2) is 5.15. The second-order valence-electron chi connectivity index (χ2n) is 2.59. The van der Waals surface area contributed by atoms with E-state index in [-0.39, 0.29) is 19.4 Å². The van der Waals surface area contributed by atoms with Crippen LogP contribution in [0.1, 0.15) is 12.8 Å². The molecule has 0 aliphatic rings. The van der Waals surface area contributed by atoms with Crippen LogP contribution in [0.4, 0.5) is 0 Å². The number of rotatable bonds is 6. The van der Waals surface area contributed by atoms with Gasteiger partial charge in [-0.05, 0) is 12.8 Å². The molecule has 13 heavy (non-hydrogen) atoms. The summed E-state index contributed by atoms with van der Waals surface area (Å²) in [6.07, 6.45) is 0.0580. The molecule has 0 aromatic carbocycles. The topological polar surface area (TPSA) is 107 Å². The highest BCUT2D eigenvalue weighted by molar-refractivity contribution is 7.85. The summed E-state index contributed by atoms with van der Waals surface area (Å²) in [4.78, 5) is 10.3. The predicted octanol–water partition coefficient (Wildman–Crippen LogP) is -1.41. The van der Waals surface area contributed by atoms with Gasteiger partial charge in [-0.15, -0.1) is 0 Å². The van der Waals surface area contributed by atoms with E-state index in [4.69, 9.17) is 10.8 Å². The van der Waals surface area contributed by atoms with Crippen LogP contribution in [0.25, 0.3) is 0 Å². The van der Waals surface area contributed by atoms with Crippen molar-refractivity contribution >= 4 is 16.0 Å². The molecule has 3 N–H and O–H groups in total. The highest BCUT2D eigenvalue weighted by Crippen LogP contribution is 1.98. The fourth-order valence-electron chi connectivity index (χ4n) is 0.629. The van der Waals surface area contributed by atoms with E-state index < -0.39 is 22.1 Å². The number of hydrogen-bond acceptors (Lipinski definition) is 5. The smallest absolute Gasteiger partial charge is 0.264 e. The van der Waals surface area contributed by atoms with Crippen molar-refractivity contribution in [1.29, 1.82) is 0 Å². The Morgan fingerprint density at radius 3 is 2.54 bits per heavy atom. The molecule has 1 unspecified atom stereocenters. The highest BCUT2D eigenvalue weighted by Gasteiger charge is 2.10. The summed E-state index contributed by atoms with van der Waals surface area (Å²) < 4.78 is 25.2. The number of aliphatic hydroxyl groups excluding tert-OH is 1. The van der Waals surface area contributed by atoms with Crippen molar-refractivity contribution in [3.8, 4) is 0 Å². The molecule has 0 rings (SSSR count). The molecular formula is C6H13NO5S. The van der Waals surface area contributed by atoms with E-state index in [0.29, 0.717) is 0 Å². The SMILES string of the molecule is CS(=O)(=O)OCCCC(O)C(N)=O. The van der Waals surface area contributed by atoms with Crippen molar-refractivity contribution in [3.05, 3.63) is 0 Å². The van der Waals surface area contributed by atoms with Gasteiger partial charge in [-0.3, -0.25) is 8.98 Å². The van der Waals surface area contributed by atoms with Gasteiger partial charge in [0.25, 0.3) is 10.1 Å². The molecule has 0 aliphatic carbocycles. The normalized spacial score (nSPS) is 14.0. The molecule has 6 nitrogen and oxygen atoms in total. The van der Waals surface area contributed by atoms with Gasteiger partial charge < -0.3 is 10.8 Å². The Bertz CT molecular complexity index is 260. The van der Waals surface area contributed by atoms with Crippen LogP contribution in [0.3, 0.4) is 0 Å². The van der Waals surface area contributed by atoms with Crippen LogP contribution in [0.15, 0.2) is 0 Å². The van der Waals surface area contributed by atoms with Crippen LogP contribution in [0.5, 0.6) is 0 Å². The summed E-state index contributed by atoms with van der Waals surface area (Å²) in [5.74, 6) is -0.820. The quantitative estimate of drug-likeness (QED) is 0.414. The van der Waals surface area contributed by atoms with Crippen LogP contribution in [-0.4, -0.2) is 38.4 Å². The Labute approximate surface area is 76.8 Å². The molecule has 7 heteroatoms. The fraction of sp³-hybridized carbons (Fsp3) is 0.833. The Hall–Kier alpha value is -0.660. The minimum atomic E-state index is -3.44. The van der Waals surface area contributed by atoms with E-state index in [1.165, 1.54) is 0 Å². The standard InChI is InChI=1S/C6H13NO5S/c1-13(10,11)12-4-2-3-5(8)6(7)9/h5,8H,2-4H2,1H3,(H2,7,9). The Balaban J connectivity index is 3.53. The zero-order valence-electron chi connectivity index (χ0n) is 7.26. The first kappa shape index (κ1) is 12.3. The lowest BCUT2D eigenvalue weighted by atomic mass is 10.2. The van der Waals surface area contributed by atoms with Gasteiger partial charge in [0.05, 0.1) is 12.9 Å². The van der Waals surface area contributed by atoms with Crippen molar-refractivity contribution in [1.82, 2.24) is 0 Å². The van der Waals surface area contributed by atoms with Crippen molar-refractivity contribution in [2.24, 2.45) is 5.73 Å². The van der Waals surface area contributed by atoms with Crippen LogP contribution in [-0.2, 0) is 19.1 Å². The maximum absolute atomic E-state index is 10.4. The summed E-state index contributed by atoms with van der Waals surface area (Å²) in [6, 6.07) is 0. The van der Waals surface area contributed by atoms with Gasteiger partial charge in [-0.25, -0.2) is 0 Å². The van der Waals surface area contributed by atoms with Crippen LogP contribution in [0, 0.1) is 0 Å². The van der Waals surface area contributed by atoms with E-state index in [9.17, 15) is 13.2 Å². The lowest BCUT2D eigenvalue weighted by Gasteiger charge is -2.05. The Morgan fingerprint density at radius 2 is 2.15 bits per heavy atom. The van der Waals surface area contributed by atoms with Gasteiger partial charge in [0.15, 0.2) is 0 Å². The molecule has 0 spiro atoms. The molecule has 0 saturated carbocycles. The molecule has 0 aromatic rings. The van der Waals surface area contributed by atoms with Gasteiger partial charge >= 0.3 is 0 Å². The third kappa shape index (κ3) is 7.69. The summed E-state index contributed by atoms with van der Waals surface area (Å²) in [7, 11) is -3.44. The number of carbonyl (C=O) groups excluding carboxylic acids is 1. The fourth-order valence-corrected chi connectivity index (χ4v) is 1.05. The molecule has 1 atom stereocenters. The molecule has 0 bridgehead atoms. The molecule has 0 fully saturated rings. The lowest BCUT2D eigenvalue weighted by molar-refractivity contribution is -0.126. The van der Waals surface area contributed by atoms with E-state index in [0.717, 1.165) is 6.26 Å². The molecule has 0 aromatic heterocycles. The van der Waals surface area contributed by atoms with E-state index in [1.807, 2.05) is 0 Å². The van der Waals surface area contributed by atoms with Crippen LogP contribution >= 0.6 is 0 Å². The van der Waals surface area contributed by atoms with Crippen LogP contribution < -0.4 is 5.73 Å². The van der Waals surface area contributed by atoms with E-state index in [2.05, 4.69) is 4.18 Å². The summed E-state index contributed by atoms with van der Waals surface area (Å²) in [5.41, 5.74) is 4.76. The maximum Gasteiger partial charge on any atom is 0.264 e. The van der Waals surface area contributed by atoms with Gasteiger partial charge in [0.1, 0.15) is 6.10 Å². The van der Waals surface area contributed by atoms with Crippen molar-refractivity contribution in [2.45, 2.75) is 18.9 Å². The number of hydrogen-bond donors (Lipinski definition) is 2. The molecule has 0 heterocycles. The molecule has 0 radical (unpaired) electrons. The van der Waals surface area contributed by atoms with Crippen molar-refractivity contribution in [2.75, 3.05) is 12.9 Å². The third-order valence-corrected chi connectivity index (χ3v) is 1.84. The first-order valence-electron chi connectivity index (χ1n) is 3.64. The number of nitrogens with two attached hydrogens (primary N) is 1. The van der Waals surface area contributed by atoms with Gasteiger partial charge in [0, 0.05) is 0 Å². The van der Waals surface area contributed by atoms with Crippen molar-refractivity contribution in [3.63, 3.8) is 0 Å². The summed E-state index contributed by atoms with van der Waals surface area (Å²) in [5, 5.41) is 8.88. The zero-order chi connectivity index (χ0) is 10.5. The van der Waals surface area contributed by atoms with Crippen molar-refractivity contribution < 1.29 is 22.5 Å². The Morgan fingerprint density at radius 1 is 1.62 bits per heavy atom. The molecular weight excluding hydrogens is 198 g/mol. The number of amides is 1. The van der Waals surface area contributed by atoms with Gasteiger partial charge in [0.2, 0.25) is 5.91 Å².